The number of hydrogen-bond donors (Lipinski definition) is 0. The van der Waals surface area contributed by atoms with E-state index in [1.807, 2.05) is 31.2 Å². The lowest BCUT2D eigenvalue weighted by molar-refractivity contribution is 0.0992. The van der Waals surface area contributed by atoms with Gasteiger partial charge in [-0.2, -0.15) is 0 Å². The molecule has 0 radical (unpaired) electrons. The lowest BCUT2D eigenvalue weighted by Crippen LogP contribution is -2.01. The Morgan fingerprint density at radius 1 is 1.31 bits per heavy atom. The van der Waals surface area contributed by atoms with Crippen LogP contribution in [0.25, 0.3) is 0 Å². The second-order valence-corrected chi connectivity index (χ2v) is 4.92. The molecular weight excluding hydrogens is 315 g/mol. The molecule has 0 aliphatic heterocycles. The first-order chi connectivity index (χ1) is 7.65. The van der Waals surface area contributed by atoms with Crippen LogP contribution in [0.2, 0.25) is 0 Å². The predicted octanol–water partition coefficient (Wildman–Crippen LogP) is 3.62. The van der Waals surface area contributed by atoms with Crippen molar-refractivity contribution in [2.24, 2.45) is 0 Å². The maximum absolute atomic E-state index is 11.9. The SMILES string of the molecule is Cc1cc(C(=O)Cc2ccc(I)cc2)co1. The Labute approximate surface area is 108 Å². The average molecular weight is 326 g/mol. The number of furan rings is 1. The van der Waals surface area contributed by atoms with E-state index in [4.69, 9.17) is 4.42 Å². The first-order valence-corrected chi connectivity index (χ1v) is 6.06. The van der Waals surface area contributed by atoms with Gasteiger partial charge in [0.1, 0.15) is 12.0 Å². The molecule has 1 aromatic carbocycles. The summed E-state index contributed by atoms with van der Waals surface area (Å²) < 4.78 is 6.29. The zero-order valence-corrected chi connectivity index (χ0v) is 11.0. The number of ketones is 1. The summed E-state index contributed by atoms with van der Waals surface area (Å²) in [6, 6.07) is 9.74. The lowest BCUT2D eigenvalue weighted by Gasteiger charge is -1.99. The number of rotatable bonds is 3. The van der Waals surface area contributed by atoms with Gasteiger partial charge >= 0.3 is 0 Å². The monoisotopic (exact) mass is 326 g/mol. The molecule has 1 heterocycles. The zero-order valence-electron chi connectivity index (χ0n) is 8.87. The summed E-state index contributed by atoms with van der Waals surface area (Å²) in [6.07, 6.45) is 1.94. The summed E-state index contributed by atoms with van der Waals surface area (Å²) in [5, 5.41) is 0. The summed E-state index contributed by atoms with van der Waals surface area (Å²) in [6.45, 7) is 1.83. The molecule has 16 heavy (non-hydrogen) atoms. The molecule has 0 bridgehead atoms. The minimum absolute atomic E-state index is 0.0954. The van der Waals surface area contributed by atoms with Crippen LogP contribution in [0.15, 0.2) is 41.0 Å². The van der Waals surface area contributed by atoms with E-state index >= 15 is 0 Å². The van der Waals surface area contributed by atoms with Crippen molar-refractivity contribution < 1.29 is 9.21 Å². The lowest BCUT2D eigenvalue weighted by atomic mass is 10.1. The molecule has 0 atom stereocenters. The van der Waals surface area contributed by atoms with Crippen LogP contribution in [-0.4, -0.2) is 5.78 Å². The molecule has 1 aromatic heterocycles. The van der Waals surface area contributed by atoms with Crippen molar-refractivity contribution >= 4 is 28.4 Å². The van der Waals surface area contributed by atoms with E-state index in [-0.39, 0.29) is 5.78 Å². The van der Waals surface area contributed by atoms with Crippen LogP contribution >= 0.6 is 22.6 Å². The minimum atomic E-state index is 0.0954. The van der Waals surface area contributed by atoms with Crippen molar-refractivity contribution in [1.29, 1.82) is 0 Å². The normalized spacial score (nSPS) is 10.4. The number of hydrogen-bond acceptors (Lipinski definition) is 2. The Balaban J connectivity index is 2.10. The predicted molar refractivity (Wildman–Crippen MR) is 70.6 cm³/mol. The summed E-state index contributed by atoms with van der Waals surface area (Å²) in [7, 11) is 0. The largest absolute Gasteiger partial charge is 0.469 e. The zero-order chi connectivity index (χ0) is 11.5. The minimum Gasteiger partial charge on any atom is -0.469 e. The van der Waals surface area contributed by atoms with Gasteiger partial charge in [-0.05, 0) is 53.3 Å². The molecule has 0 N–H and O–H groups in total. The highest BCUT2D eigenvalue weighted by molar-refractivity contribution is 14.1. The van der Waals surface area contributed by atoms with Crippen molar-refractivity contribution in [3.63, 3.8) is 0 Å². The van der Waals surface area contributed by atoms with E-state index in [1.54, 1.807) is 6.07 Å². The van der Waals surface area contributed by atoms with Crippen LogP contribution in [0.1, 0.15) is 21.7 Å². The Bertz CT molecular complexity index is 497. The third-order valence-electron chi connectivity index (χ3n) is 2.33. The van der Waals surface area contributed by atoms with Gasteiger partial charge in [-0.3, -0.25) is 4.79 Å². The summed E-state index contributed by atoms with van der Waals surface area (Å²) in [5.74, 6) is 0.865. The molecule has 2 rings (SSSR count). The Morgan fingerprint density at radius 2 is 2.00 bits per heavy atom. The highest BCUT2D eigenvalue weighted by Gasteiger charge is 2.09. The molecule has 0 aliphatic carbocycles. The third kappa shape index (κ3) is 2.72. The fourth-order valence-electron chi connectivity index (χ4n) is 1.48. The van der Waals surface area contributed by atoms with Crippen LogP contribution < -0.4 is 0 Å². The molecule has 0 spiro atoms. The molecule has 3 heteroatoms. The summed E-state index contributed by atoms with van der Waals surface area (Å²) >= 11 is 2.25. The van der Waals surface area contributed by atoms with Gasteiger partial charge in [0.05, 0.1) is 5.56 Å². The van der Waals surface area contributed by atoms with Crippen molar-refractivity contribution in [2.75, 3.05) is 0 Å². The van der Waals surface area contributed by atoms with Gasteiger partial charge in [0, 0.05) is 9.99 Å². The van der Waals surface area contributed by atoms with Gasteiger partial charge in [-0.1, -0.05) is 12.1 Å². The van der Waals surface area contributed by atoms with Crippen molar-refractivity contribution in [3.05, 3.63) is 57.1 Å². The van der Waals surface area contributed by atoms with Gasteiger partial charge in [-0.25, -0.2) is 0 Å². The van der Waals surface area contributed by atoms with E-state index in [0.717, 1.165) is 11.3 Å². The van der Waals surface area contributed by atoms with Gasteiger partial charge in [0.15, 0.2) is 5.78 Å². The molecule has 0 aliphatic rings. The first kappa shape index (κ1) is 11.4. The highest BCUT2D eigenvalue weighted by Crippen LogP contribution is 2.12. The number of carbonyl (C=O) groups is 1. The van der Waals surface area contributed by atoms with Crippen molar-refractivity contribution in [3.8, 4) is 0 Å². The molecule has 0 saturated carbocycles. The molecule has 2 aromatic rings. The molecule has 82 valence electrons. The second-order valence-electron chi connectivity index (χ2n) is 3.67. The quantitative estimate of drug-likeness (QED) is 0.637. The van der Waals surface area contributed by atoms with Crippen LogP contribution in [0.5, 0.6) is 0 Å². The van der Waals surface area contributed by atoms with Crippen LogP contribution in [0.4, 0.5) is 0 Å². The number of Topliss-reactive ketones (excluding diaryl/α,β-unsaturated/α-hetero) is 1. The smallest absolute Gasteiger partial charge is 0.170 e. The molecule has 0 unspecified atom stereocenters. The average Bonchev–Trinajstić information content (AvgIpc) is 2.68. The molecule has 0 saturated heterocycles. The number of carbonyl (C=O) groups excluding carboxylic acids is 1. The third-order valence-corrected chi connectivity index (χ3v) is 3.05. The van der Waals surface area contributed by atoms with Gasteiger partial charge in [0.2, 0.25) is 0 Å². The van der Waals surface area contributed by atoms with Crippen LogP contribution in [0, 0.1) is 10.5 Å². The molecular formula is C13H11IO2. The van der Waals surface area contributed by atoms with E-state index in [0.29, 0.717) is 12.0 Å². The van der Waals surface area contributed by atoms with Crippen LogP contribution in [-0.2, 0) is 6.42 Å². The Hall–Kier alpha value is -1.10. The number of aryl methyl sites for hydroxylation is 1. The Kier molecular flexibility index (Phi) is 3.43. The van der Waals surface area contributed by atoms with E-state index in [1.165, 1.54) is 9.83 Å². The maximum atomic E-state index is 11.9. The Morgan fingerprint density at radius 3 is 2.56 bits per heavy atom. The molecule has 0 fully saturated rings. The standard InChI is InChI=1S/C13H11IO2/c1-9-6-11(8-16-9)13(15)7-10-2-4-12(14)5-3-10/h2-6,8H,7H2,1H3. The number of benzene rings is 1. The molecule has 0 amide bonds. The van der Waals surface area contributed by atoms with Crippen LogP contribution in [0.3, 0.4) is 0 Å². The first-order valence-electron chi connectivity index (χ1n) is 4.98. The molecule has 2 nitrogen and oxygen atoms in total. The topological polar surface area (TPSA) is 30.2 Å². The van der Waals surface area contributed by atoms with Crippen molar-refractivity contribution in [1.82, 2.24) is 0 Å². The second kappa shape index (κ2) is 4.82. The van der Waals surface area contributed by atoms with Gasteiger partial charge in [-0.15, -0.1) is 0 Å². The number of halogens is 1. The summed E-state index contributed by atoms with van der Waals surface area (Å²) in [4.78, 5) is 11.9. The highest BCUT2D eigenvalue weighted by atomic mass is 127. The van der Waals surface area contributed by atoms with Gasteiger partial charge < -0.3 is 4.42 Å². The fraction of sp³-hybridized carbons (Fsp3) is 0.154. The summed E-state index contributed by atoms with van der Waals surface area (Å²) in [5.41, 5.74) is 1.68. The maximum Gasteiger partial charge on any atom is 0.170 e. The van der Waals surface area contributed by atoms with Gasteiger partial charge in [0.25, 0.3) is 0 Å². The van der Waals surface area contributed by atoms with E-state index in [2.05, 4.69) is 22.6 Å². The van der Waals surface area contributed by atoms with Crippen molar-refractivity contribution in [2.45, 2.75) is 13.3 Å². The fourth-order valence-corrected chi connectivity index (χ4v) is 1.84. The van der Waals surface area contributed by atoms with E-state index in [9.17, 15) is 4.79 Å². The van der Waals surface area contributed by atoms with E-state index < -0.39 is 0 Å².